The van der Waals surface area contributed by atoms with Crippen LogP contribution in [0.3, 0.4) is 0 Å². The molecule has 2 aromatic heterocycles. The molecule has 1 amide bonds. The predicted molar refractivity (Wildman–Crippen MR) is 137 cm³/mol. The maximum absolute atomic E-state index is 13.6. The van der Waals surface area contributed by atoms with Gasteiger partial charge in [-0.15, -0.1) is 0 Å². The fourth-order valence-corrected chi connectivity index (χ4v) is 5.05. The molecule has 1 aliphatic rings. The molecular formula is C26H24FN3O6S. The Balaban J connectivity index is 1.74. The summed E-state index contributed by atoms with van der Waals surface area (Å²) in [4.78, 5) is 25.4. The SMILES string of the molecule is CNC(=O)c1c(-c2ccc(F)cc2)oc2cc(N(C)S(C)(=O)=O)c3c(c12)CC(Cn1ccccc1=O)O3. The van der Waals surface area contributed by atoms with Gasteiger partial charge in [-0.2, -0.15) is 0 Å². The van der Waals surface area contributed by atoms with Crippen LogP contribution in [0.2, 0.25) is 0 Å². The molecule has 11 heteroatoms. The lowest BCUT2D eigenvalue weighted by Crippen LogP contribution is -2.28. The fraction of sp³-hybridized carbons (Fsp3) is 0.231. The highest BCUT2D eigenvalue weighted by Gasteiger charge is 2.35. The van der Waals surface area contributed by atoms with Gasteiger partial charge in [0.05, 0.1) is 24.1 Å². The Morgan fingerprint density at radius 2 is 1.95 bits per heavy atom. The van der Waals surface area contributed by atoms with Crippen LogP contribution < -0.4 is 19.9 Å². The number of nitrogens with zero attached hydrogens (tertiary/aromatic N) is 2. The summed E-state index contributed by atoms with van der Waals surface area (Å²) in [5.74, 6) is -0.344. The van der Waals surface area contributed by atoms with Crippen LogP contribution in [0.15, 0.2) is 63.9 Å². The van der Waals surface area contributed by atoms with Crippen LogP contribution in [0.25, 0.3) is 22.3 Å². The number of benzene rings is 2. The van der Waals surface area contributed by atoms with Gasteiger partial charge in [0.25, 0.3) is 11.5 Å². The lowest BCUT2D eigenvalue weighted by Gasteiger charge is -2.20. The zero-order chi connectivity index (χ0) is 26.5. The van der Waals surface area contributed by atoms with Crippen LogP contribution in [-0.2, 0) is 23.0 Å². The maximum atomic E-state index is 13.6. The summed E-state index contributed by atoms with van der Waals surface area (Å²) in [6.07, 6.45) is 2.51. The number of halogens is 1. The molecule has 1 unspecified atom stereocenters. The second-order valence-corrected chi connectivity index (χ2v) is 10.8. The van der Waals surface area contributed by atoms with Gasteiger partial charge in [-0.1, -0.05) is 6.07 Å². The molecule has 0 saturated carbocycles. The number of amides is 1. The summed E-state index contributed by atoms with van der Waals surface area (Å²) in [5, 5.41) is 3.10. The molecule has 1 N–H and O–H groups in total. The third kappa shape index (κ3) is 4.35. The minimum atomic E-state index is -3.67. The molecule has 192 valence electrons. The van der Waals surface area contributed by atoms with Gasteiger partial charge in [0.15, 0.2) is 0 Å². The van der Waals surface area contributed by atoms with Crippen molar-refractivity contribution in [1.82, 2.24) is 9.88 Å². The van der Waals surface area contributed by atoms with Gasteiger partial charge in [-0.3, -0.25) is 13.9 Å². The van der Waals surface area contributed by atoms with Crippen molar-refractivity contribution in [3.63, 3.8) is 0 Å². The number of carbonyl (C=O) groups excluding carboxylic acids is 1. The molecule has 4 aromatic rings. The third-order valence-electron chi connectivity index (χ3n) is 6.42. The Kier molecular flexibility index (Phi) is 6.03. The highest BCUT2D eigenvalue weighted by atomic mass is 32.2. The monoisotopic (exact) mass is 525 g/mol. The molecule has 2 aromatic carbocycles. The summed E-state index contributed by atoms with van der Waals surface area (Å²) < 4.78 is 53.5. The van der Waals surface area contributed by atoms with Crippen LogP contribution in [0.1, 0.15) is 15.9 Å². The summed E-state index contributed by atoms with van der Waals surface area (Å²) in [6.45, 7) is 0.218. The van der Waals surface area contributed by atoms with Gasteiger partial charge >= 0.3 is 0 Å². The van der Waals surface area contributed by atoms with E-state index in [1.54, 1.807) is 18.3 Å². The fourth-order valence-electron chi connectivity index (χ4n) is 4.56. The quantitative estimate of drug-likeness (QED) is 0.414. The van der Waals surface area contributed by atoms with Gasteiger partial charge in [0.2, 0.25) is 10.0 Å². The van der Waals surface area contributed by atoms with E-state index in [0.29, 0.717) is 28.7 Å². The van der Waals surface area contributed by atoms with Crippen LogP contribution in [0, 0.1) is 5.82 Å². The molecular weight excluding hydrogens is 501 g/mol. The number of rotatable bonds is 6. The number of pyridine rings is 1. The number of furan rings is 1. The second-order valence-electron chi connectivity index (χ2n) is 8.83. The van der Waals surface area contributed by atoms with E-state index in [0.717, 1.165) is 10.6 Å². The molecule has 9 nitrogen and oxygen atoms in total. The second kappa shape index (κ2) is 9.07. The topological polar surface area (TPSA) is 111 Å². The van der Waals surface area contributed by atoms with Crippen LogP contribution in [0.5, 0.6) is 5.75 Å². The lowest BCUT2D eigenvalue weighted by molar-refractivity contribution is 0.0964. The van der Waals surface area contributed by atoms with Crippen molar-refractivity contribution in [2.75, 3.05) is 24.7 Å². The first-order valence-corrected chi connectivity index (χ1v) is 13.3. The number of carbonyl (C=O) groups is 1. The highest BCUT2D eigenvalue weighted by molar-refractivity contribution is 7.92. The molecule has 0 aliphatic carbocycles. The number of ether oxygens (including phenoxy) is 1. The van der Waals surface area contributed by atoms with E-state index in [1.165, 1.54) is 55.1 Å². The Morgan fingerprint density at radius 3 is 2.59 bits per heavy atom. The van der Waals surface area contributed by atoms with E-state index in [1.807, 2.05) is 0 Å². The minimum Gasteiger partial charge on any atom is -0.486 e. The van der Waals surface area contributed by atoms with E-state index in [4.69, 9.17) is 9.15 Å². The smallest absolute Gasteiger partial charge is 0.255 e. The average molecular weight is 526 g/mol. The summed E-state index contributed by atoms with van der Waals surface area (Å²) in [7, 11) is -0.785. The van der Waals surface area contributed by atoms with E-state index >= 15 is 0 Å². The number of hydrogen-bond donors (Lipinski definition) is 1. The standard InChI is InChI=1S/C26H24FN3O6S/c1-28-26(32)23-22-18-12-17(14-30-11-5-4-6-21(30)31)35-25(18)19(29(2)37(3,33)34)13-20(22)36-24(23)15-7-9-16(27)10-8-15/h4-11,13,17H,12,14H2,1-3H3,(H,28,32). The van der Waals surface area contributed by atoms with Crippen LogP contribution in [0.4, 0.5) is 10.1 Å². The molecule has 1 aliphatic heterocycles. The molecule has 0 spiro atoms. The first kappa shape index (κ1) is 24.6. The van der Waals surface area contributed by atoms with Crippen molar-refractivity contribution >= 4 is 32.6 Å². The first-order chi connectivity index (χ1) is 17.6. The van der Waals surface area contributed by atoms with Gasteiger partial charge < -0.3 is 19.0 Å². The van der Waals surface area contributed by atoms with E-state index in [-0.39, 0.29) is 34.7 Å². The van der Waals surface area contributed by atoms with Gasteiger partial charge in [-0.05, 0) is 30.3 Å². The molecule has 3 heterocycles. The number of nitrogens with one attached hydrogen (secondary N) is 1. The number of aromatic nitrogens is 1. The average Bonchev–Trinajstić information content (AvgIpc) is 3.45. The van der Waals surface area contributed by atoms with Crippen LogP contribution in [-0.4, -0.2) is 45.3 Å². The zero-order valence-electron chi connectivity index (χ0n) is 20.3. The molecule has 5 rings (SSSR count). The van der Waals surface area contributed by atoms with E-state index in [9.17, 15) is 22.4 Å². The number of hydrogen-bond acceptors (Lipinski definition) is 6. The molecule has 0 fully saturated rings. The first-order valence-electron chi connectivity index (χ1n) is 11.4. The molecule has 0 saturated heterocycles. The molecule has 0 radical (unpaired) electrons. The number of anilines is 1. The maximum Gasteiger partial charge on any atom is 0.255 e. The third-order valence-corrected chi connectivity index (χ3v) is 7.62. The van der Waals surface area contributed by atoms with Crippen molar-refractivity contribution in [3.05, 3.63) is 82.0 Å². The predicted octanol–water partition coefficient (Wildman–Crippen LogP) is 3.16. The molecule has 1 atom stereocenters. The van der Waals surface area contributed by atoms with Crippen molar-refractivity contribution in [3.8, 4) is 17.1 Å². The summed E-state index contributed by atoms with van der Waals surface area (Å²) in [5.41, 5.74) is 1.63. The Labute approximate surface area is 212 Å². The Hall–Kier alpha value is -4.12. The van der Waals surface area contributed by atoms with Gasteiger partial charge in [-0.25, -0.2) is 12.8 Å². The minimum absolute atomic E-state index is 0.200. The number of sulfonamides is 1. The highest BCUT2D eigenvalue weighted by Crippen LogP contribution is 2.47. The molecule has 37 heavy (non-hydrogen) atoms. The number of fused-ring (bicyclic) bond motifs is 3. The Bertz CT molecular complexity index is 1690. The van der Waals surface area contributed by atoms with Crippen LogP contribution >= 0.6 is 0 Å². The van der Waals surface area contributed by atoms with Gasteiger partial charge in [0, 0.05) is 55.4 Å². The van der Waals surface area contributed by atoms with Crippen molar-refractivity contribution < 1.29 is 26.8 Å². The van der Waals surface area contributed by atoms with Crippen molar-refractivity contribution in [2.45, 2.75) is 19.1 Å². The Morgan fingerprint density at radius 1 is 1.22 bits per heavy atom. The summed E-state index contributed by atoms with van der Waals surface area (Å²) in [6, 6.07) is 11.9. The largest absolute Gasteiger partial charge is 0.486 e. The lowest BCUT2D eigenvalue weighted by atomic mass is 9.97. The zero-order valence-corrected chi connectivity index (χ0v) is 21.1. The van der Waals surface area contributed by atoms with Gasteiger partial charge in [0.1, 0.15) is 29.0 Å². The van der Waals surface area contributed by atoms with E-state index in [2.05, 4.69) is 5.32 Å². The van der Waals surface area contributed by atoms with Crippen molar-refractivity contribution in [2.24, 2.45) is 0 Å². The van der Waals surface area contributed by atoms with Crippen molar-refractivity contribution in [1.29, 1.82) is 0 Å². The normalized spacial score (nSPS) is 14.9. The molecule has 0 bridgehead atoms. The summed E-state index contributed by atoms with van der Waals surface area (Å²) >= 11 is 0. The van der Waals surface area contributed by atoms with E-state index < -0.39 is 27.9 Å².